The van der Waals surface area contributed by atoms with Gasteiger partial charge >= 0.3 is 0 Å². The van der Waals surface area contributed by atoms with E-state index >= 15 is 0 Å². The normalized spacial score (nSPS) is 10.6. The van der Waals surface area contributed by atoms with Gasteiger partial charge in [-0.05, 0) is 56.2 Å². The van der Waals surface area contributed by atoms with E-state index in [1.807, 2.05) is 11.3 Å². The van der Waals surface area contributed by atoms with Gasteiger partial charge < -0.3 is 5.32 Å². The molecule has 0 atom stereocenters. The first-order valence-electron chi connectivity index (χ1n) is 5.62. The average Bonchev–Trinajstić information content (AvgIpc) is 2.62. The van der Waals surface area contributed by atoms with Crippen molar-refractivity contribution in [1.29, 1.82) is 0 Å². The van der Waals surface area contributed by atoms with Crippen LogP contribution >= 0.6 is 27.3 Å². The minimum absolute atomic E-state index is 0.905. The third-order valence-electron chi connectivity index (χ3n) is 2.73. The van der Waals surface area contributed by atoms with Gasteiger partial charge in [0, 0.05) is 26.5 Å². The average molecular weight is 310 g/mol. The van der Waals surface area contributed by atoms with Crippen molar-refractivity contribution in [3.8, 4) is 0 Å². The SMILES string of the molecule is Cc1ccc(CNc2c(C)cc(Br)cc2C)s1. The lowest BCUT2D eigenvalue weighted by atomic mass is 10.1. The summed E-state index contributed by atoms with van der Waals surface area (Å²) in [5.41, 5.74) is 3.81. The van der Waals surface area contributed by atoms with Crippen molar-refractivity contribution in [1.82, 2.24) is 0 Å². The topological polar surface area (TPSA) is 12.0 Å². The van der Waals surface area contributed by atoms with Crippen LogP contribution < -0.4 is 5.32 Å². The molecule has 1 aromatic heterocycles. The maximum Gasteiger partial charge on any atom is 0.0494 e. The lowest BCUT2D eigenvalue weighted by Crippen LogP contribution is -2.01. The van der Waals surface area contributed by atoms with E-state index in [-0.39, 0.29) is 0 Å². The minimum atomic E-state index is 0.905. The molecule has 0 aliphatic carbocycles. The summed E-state index contributed by atoms with van der Waals surface area (Å²) in [4.78, 5) is 2.75. The first kappa shape index (κ1) is 12.7. The molecule has 0 saturated carbocycles. The molecule has 2 rings (SSSR count). The smallest absolute Gasteiger partial charge is 0.0494 e. The van der Waals surface area contributed by atoms with Crippen LogP contribution in [0.25, 0.3) is 0 Å². The second-order valence-corrected chi connectivity index (χ2v) is 6.57. The monoisotopic (exact) mass is 309 g/mol. The van der Waals surface area contributed by atoms with E-state index in [1.165, 1.54) is 26.6 Å². The first-order valence-corrected chi connectivity index (χ1v) is 7.23. The summed E-state index contributed by atoms with van der Waals surface area (Å²) < 4.78 is 1.14. The number of thiophene rings is 1. The Labute approximate surface area is 115 Å². The zero-order valence-electron chi connectivity index (χ0n) is 10.3. The third kappa shape index (κ3) is 3.11. The molecule has 0 spiro atoms. The van der Waals surface area contributed by atoms with Gasteiger partial charge in [0.05, 0.1) is 0 Å². The molecule has 3 heteroatoms. The summed E-state index contributed by atoms with van der Waals surface area (Å²) in [5, 5.41) is 3.53. The van der Waals surface area contributed by atoms with E-state index in [9.17, 15) is 0 Å². The highest BCUT2D eigenvalue weighted by Gasteiger charge is 2.04. The number of rotatable bonds is 3. The Morgan fingerprint density at radius 1 is 1.12 bits per heavy atom. The van der Waals surface area contributed by atoms with Gasteiger partial charge in [-0.15, -0.1) is 11.3 Å². The van der Waals surface area contributed by atoms with Crippen LogP contribution in [0.5, 0.6) is 0 Å². The predicted molar refractivity (Wildman–Crippen MR) is 80.0 cm³/mol. The Hall–Kier alpha value is -0.800. The highest BCUT2D eigenvalue weighted by Crippen LogP contribution is 2.26. The summed E-state index contributed by atoms with van der Waals surface area (Å²) in [6.45, 7) is 7.33. The van der Waals surface area contributed by atoms with Crippen molar-refractivity contribution in [3.05, 3.63) is 49.6 Å². The van der Waals surface area contributed by atoms with Crippen molar-refractivity contribution in [2.75, 3.05) is 5.32 Å². The molecule has 17 heavy (non-hydrogen) atoms. The number of nitrogens with one attached hydrogen (secondary N) is 1. The fourth-order valence-electron chi connectivity index (χ4n) is 1.95. The lowest BCUT2D eigenvalue weighted by molar-refractivity contribution is 1.16. The summed E-state index contributed by atoms with van der Waals surface area (Å²) >= 11 is 5.37. The highest BCUT2D eigenvalue weighted by atomic mass is 79.9. The zero-order chi connectivity index (χ0) is 12.4. The van der Waals surface area contributed by atoms with Crippen LogP contribution in [0.15, 0.2) is 28.7 Å². The van der Waals surface area contributed by atoms with Gasteiger partial charge in [-0.25, -0.2) is 0 Å². The largest absolute Gasteiger partial charge is 0.380 e. The molecule has 0 aliphatic rings. The number of hydrogen-bond acceptors (Lipinski definition) is 2. The van der Waals surface area contributed by atoms with Gasteiger partial charge in [-0.3, -0.25) is 0 Å². The standard InChI is InChI=1S/C14H16BrNS/c1-9-6-12(15)7-10(2)14(9)16-8-13-5-4-11(3)17-13/h4-7,16H,8H2,1-3H3. The molecular weight excluding hydrogens is 294 g/mol. The summed E-state index contributed by atoms with van der Waals surface area (Å²) in [6.07, 6.45) is 0. The number of benzene rings is 1. The fourth-order valence-corrected chi connectivity index (χ4v) is 3.46. The van der Waals surface area contributed by atoms with Crippen LogP contribution in [0, 0.1) is 20.8 Å². The minimum Gasteiger partial charge on any atom is -0.380 e. The van der Waals surface area contributed by atoms with Gasteiger partial charge in [-0.1, -0.05) is 15.9 Å². The Kier molecular flexibility index (Phi) is 3.89. The Morgan fingerprint density at radius 2 is 1.76 bits per heavy atom. The van der Waals surface area contributed by atoms with E-state index in [0.29, 0.717) is 0 Å². The van der Waals surface area contributed by atoms with E-state index in [4.69, 9.17) is 0 Å². The fraction of sp³-hybridized carbons (Fsp3) is 0.286. The second-order valence-electron chi connectivity index (χ2n) is 4.28. The van der Waals surface area contributed by atoms with Crippen molar-refractivity contribution in [3.63, 3.8) is 0 Å². The van der Waals surface area contributed by atoms with Gasteiger partial charge in [-0.2, -0.15) is 0 Å². The van der Waals surface area contributed by atoms with Crippen LogP contribution in [0.4, 0.5) is 5.69 Å². The van der Waals surface area contributed by atoms with Crippen LogP contribution in [0.1, 0.15) is 20.9 Å². The molecular formula is C14H16BrNS. The van der Waals surface area contributed by atoms with Gasteiger partial charge in [0.1, 0.15) is 0 Å². The van der Waals surface area contributed by atoms with Crippen LogP contribution in [0.3, 0.4) is 0 Å². The molecule has 1 aromatic carbocycles. The van der Waals surface area contributed by atoms with Gasteiger partial charge in [0.25, 0.3) is 0 Å². The molecule has 0 aliphatic heterocycles. The highest BCUT2D eigenvalue weighted by molar-refractivity contribution is 9.10. The first-order chi connectivity index (χ1) is 8.06. The molecule has 90 valence electrons. The van der Waals surface area contributed by atoms with Gasteiger partial charge in [0.15, 0.2) is 0 Å². The van der Waals surface area contributed by atoms with E-state index in [1.54, 1.807) is 0 Å². The molecule has 0 fully saturated rings. The zero-order valence-corrected chi connectivity index (χ0v) is 12.7. The summed E-state index contributed by atoms with van der Waals surface area (Å²) in [7, 11) is 0. The summed E-state index contributed by atoms with van der Waals surface area (Å²) in [5.74, 6) is 0. The molecule has 1 heterocycles. The quantitative estimate of drug-likeness (QED) is 0.836. The summed E-state index contributed by atoms with van der Waals surface area (Å²) in [6, 6.07) is 8.66. The Bertz CT molecular complexity index is 508. The molecule has 0 radical (unpaired) electrons. The molecule has 0 unspecified atom stereocenters. The van der Waals surface area contributed by atoms with E-state index < -0.39 is 0 Å². The molecule has 1 nitrogen and oxygen atoms in total. The van der Waals surface area contributed by atoms with Crippen molar-refractivity contribution in [2.45, 2.75) is 27.3 Å². The second kappa shape index (κ2) is 5.23. The Morgan fingerprint density at radius 3 is 2.29 bits per heavy atom. The lowest BCUT2D eigenvalue weighted by Gasteiger charge is -2.12. The van der Waals surface area contributed by atoms with Crippen LogP contribution in [0.2, 0.25) is 0 Å². The molecule has 0 bridgehead atoms. The van der Waals surface area contributed by atoms with E-state index in [0.717, 1.165) is 11.0 Å². The predicted octanol–water partition coefficient (Wildman–Crippen LogP) is 5.05. The van der Waals surface area contributed by atoms with Crippen LogP contribution in [-0.4, -0.2) is 0 Å². The molecule has 0 saturated heterocycles. The molecule has 0 amide bonds. The number of aryl methyl sites for hydroxylation is 3. The Balaban J connectivity index is 2.14. The number of halogens is 1. The van der Waals surface area contributed by atoms with Crippen molar-refractivity contribution in [2.24, 2.45) is 0 Å². The van der Waals surface area contributed by atoms with Gasteiger partial charge in [0.2, 0.25) is 0 Å². The number of hydrogen-bond donors (Lipinski definition) is 1. The molecule has 1 N–H and O–H groups in total. The molecule has 2 aromatic rings. The van der Waals surface area contributed by atoms with Crippen molar-refractivity contribution < 1.29 is 0 Å². The van der Waals surface area contributed by atoms with Crippen LogP contribution in [-0.2, 0) is 6.54 Å². The van der Waals surface area contributed by atoms with E-state index in [2.05, 4.69) is 66.3 Å². The maximum absolute atomic E-state index is 3.53. The maximum atomic E-state index is 3.53. The third-order valence-corrected chi connectivity index (χ3v) is 4.19. The van der Waals surface area contributed by atoms with Crippen molar-refractivity contribution >= 4 is 33.0 Å². The number of anilines is 1.